The minimum atomic E-state index is 0.262. The highest BCUT2D eigenvalue weighted by atomic mass is 32.2. The van der Waals surface area contributed by atoms with E-state index in [9.17, 15) is 0 Å². The van der Waals surface area contributed by atoms with Crippen LogP contribution in [-0.4, -0.2) is 25.0 Å². The van der Waals surface area contributed by atoms with E-state index in [-0.39, 0.29) is 5.69 Å². The third-order valence-electron chi connectivity index (χ3n) is 3.30. The lowest BCUT2D eigenvalue weighted by Gasteiger charge is -2.06. The number of hydrogen-bond acceptors (Lipinski definition) is 8. The predicted octanol–water partition coefficient (Wildman–Crippen LogP) is 2.99. The minimum absolute atomic E-state index is 0.262. The molecule has 0 aliphatic rings. The van der Waals surface area contributed by atoms with Gasteiger partial charge in [-0.25, -0.2) is 0 Å². The summed E-state index contributed by atoms with van der Waals surface area (Å²) in [5.74, 6) is 1.96. The van der Waals surface area contributed by atoms with Gasteiger partial charge in [-0.05, 0) is 48.2 Å². The normalized spacial score (nSPS) is 10.7. The van der Waals surface area contributed by atoms with Gasteiger partial charge in [0, 0.05) is 0 Å². The van der Waals surface area contributed by atoms with Gasteiger partial charge in [-0.3, -0.25) is 4.57 Å². The Kier molecular flexibility index (Phi) is 4.02. The van der Waals surface area contributed by atoms with Crippen LogP contribution in [0.2, 0.25) is 0 Å². The number of nitrogens with zero attached hydrogens (tertiary/aromatic N) is 6. The van der Waals surface area contributed by atoms with E-state index in [2.05, 4.69) is 20.4 Å². The van der Waals surface area contributed by atoms with Crippen LogP contribution in [0.15, 0.2) is 67.9 Å². The molecule has 9 heteroatoms. The van der Waals surface area contributed by atoms with Crippen LogP contribution in [0, 0.1) is 11.3 Å². The molecular weight excluding hydrogens is 340 g/mol. The van der Waals surface area contributed by atoms with Crippen LogP contribution in [0.25, 0.3) is 11.6 Å². The van der Waals surface area contributed by atoms with Crippen LogP contribution in [0.5, 0.6) is 0 Å². The summed E-state index contributed by atoms with van der Waals surface area (Å²) in [5, 5.41) is 26.3. The SMILES string of the molecule is N#Cc1ccc(Sc2nnc(-c3ccco3)n2Cc2ccco2)nn1. The maximum Gasteiger partial charge on any atom is 0.200 e. The molecule has 0 fully saturated rings. The topological polar surface area (TPSA) is 107 Å². The number of furan rings is 2. The third kappa shape index (κ3) is 3.15. The average molecular weight is 350 g/mol. The van der Waals surface area contributed by atoms with E-state index in [1.165, 1.54) is 11.8 Å². The molecule has 0 N–H and O–H groups in total. The summed E-state index contributed by atoms with van der Waals surface area (Å²) >= 11 is 1.30. The van der Waals surface area contributed by atoms with Gasteiger partial charge < -0.3 is 8.83 Å². The zero-order valence-corrected chi connectivity index (χ0v) is 13.6. The summed E-state index contributed by atoms with van der Waals surface area (Å²) in [6.45, 7) is 0.447. The van der Waals surface area contributed by atoms with Crippen molar-refractivity contribution >= 4 is 11.8 Å². The molecule has 0 aliphatic carbocycles. The van der Waals surface area contributed by atoms with Crippen LogP contribution >= 0.6 is 11.8 Å². The van der Waals surface area contributed by atoms with E-state index in [1.54, 1.807) is 30.7 Å². The highest BCUT2D eigenvalue weighted by molar-refractivity contribution is 7.99. The molecule has 4 rings (SSSR count). The molecule has 0 unspecified atom stereocenters. The Morgan fingerprint density at radius 1 is 1.00 bits per heavy atom. The molecule has 4 aromatic heterocycles. The van der Waals surface area contributed by atoms with Gasteiger partial charge in [0.2, 0.25) is 5.82 Å². The fourth-order valence-electron chi connectivity index (χ4n) is 2.18. The number of nitriles is 1. The van der Waals surface area contributed by atoms with Gasteiger partial charge in [0.05, 0.1) is 19.1 Å². The summed E-state index contributed by atoms with van der Waals surface area (Å²) in [6.07, 6.45) is 3.20. The Morgan fingerprint density at radius 2 is 1.88 bits per heavy atom. The van der Waals surface area contributed by atoms with Crippen molar-refractivity contribution < 1.29 is 8.83 Å². The van der Waals surface area contributed by atoms with Crippen molar-refractivity contribution in [1.82, 2.24) is 25.0 Å². The number of aromatic nitrogens is 5. The van der Waals surface area contributed by atoms with Crippen molar-refractivity contribution in [2.75, 3.05) is 0 Å². The minimum Gasteiger partial charge on any atom is -0.467 e. The highest BCUT2D eigenvalue weighted by Crippen LogP contribution is 2.29. The summed E-state index contributed by atoms with van der Waals surface area (Å²) in [4.78, 5) is 0. The van der Waals surface area contributed by atoms with E-state index in [4.69, 9.17) is 14.1 Å². The lowest BCUT2D eigenvalue weighted by Crippen LogP contribution is -2.03. The van der Waals surface area contributed by atoms with Gasteiger partial charge in [-0.1, -0.05) is 0 Å². The Bertz CT molecular complexity index is 1000. The van der Waals surface area contributed by atoms with Crippen LogP contribution in [0.1, 0.15) is 11.5 Å². The highest BCUT2D eigenvalue weighted by Gasteiger charge is 2.18. The van der Waals surface area contributed by atoms with E-state index in [1.807, 2.05) is 28.8 Å². The van der Waals surface area contributed by atoms with E-state index in [0.29, 0.717) is 28.3 Å². The van der Waals surface area contributed by atoms with Gasteiger partial charge in [0.15, 0.2) is 16.6 Å². The average Bonchev–Trinajstić information content (AvgIpc) is 3.39. The summed E-state index contributed by atoms with van der Waals surface area (Å²) < 4.78 is 12.8. The van der Waals surface area contributed by atoms with Gasteiger partial charge in [-0.15, -0.1) is 20.4 Å². The largest absolute Gasteiger partial charge is 0.467 e. The quantitative estimate of drug-likeness (QED) is 0.541. The van der Waals surface area contributed by atoms with E-state index < -0.39 is 0 Å². The second-order valence-electron chi connectivity index (χ2n) is 4.92. The molecule has 4 heterocycles. The van der Waals surface area contributed by atoms with Crippen molar-refractivity contribution in [2.24, 2.45) is 0 Å². The molecule has 0 radical (unpaired) electrons. The monoisotopic (exact) mass is 350 g/mol. The Balaban J connectivity index is 1.70. The summed E-state index contributed by atoms with van der Waals surface area (Å²) in [5.41, 5.74) is 0.262. The van der Waals surface area contributed by atoms with E-state index in [0.717, 1.165) is 5.76 Å². The zero-order valence-electron chi connectivity index (χ0n) is 12.7. The number of rotatable bonds is 5. The molecule has 8 nitrogen and oxygen atoms in total. The molecule has 0 amide bonds. The zero-order chi connectivity index (χ0) is 17.1. The Hall–Kier alpha value is -3.38. The van der Waals surface area contributed by atoms with Crippen molar-refractivity contribution in [1.29, 1.82) is 5.26 Å². The predicted molar refractivity (Wildman–Crippen MR) is 86.4 cm³/mol. The van der Waals surface area contributed by atoms with E-state index >= 15 is 0 Å². The maximum atomic E-state index is 8.81. The lowest BCUT2D eigenvalue weighted by atomic mass is 10.4. The van der Waals surface area contributed by atoms with Crippen LogP contribution in [0.4, 0.5) is 0 Å². The lowest BCUT2D eigenvalue weighted by molar-refractivity contribution is 0.482. The Morgan fingerprint density at radius 3 is 2.56 bits per heavy atom. The van der Waals surface area contributed by atoms with Gasteiger partial charge >= 0.3 is 0 Å². The van der Waals surface area contributed by atoms with Crippen molar-refractivity contribution in [3.8, 4) is 17.7 Å². The first-order valence-corrected chi connectivity index (χ1v) is 8.06. The molecule has 0 saturated heterocycles. The molecule has 0 aliphatic heterocycles. The molecule has 122 valence electrons. The fraction of sp³-hybridized carbons (Fsp3) is 0.0625. The molecule has 4 aromatic rings. The first kappa shape index (κ1) is 15.2. The Labute approximate surface area is 146 Å². The van der Waals surface area contributed by atoms with Crippen molar-refractivity contribution in [2.45, 2.75) is 16.7 Å². The summed E-state index contributed by atoms with van der Waals surface area (Å²) in [6, 6.07) is 12.6. The molecule has 25 heavy (non-hydrogen) atoms. The molecule has 0 atom stereocenters. The summed E-state index contributed by atoms with van der Waals surface area (Å²) in [7, 11) is 0. The standard InChI is InChI=1S/C16H10N6O2S/c17-9-11-5-6-14(19-18-11)25-16-21-20-15(13-4-2-8-24-13)22(16)10-12-3-1-7-23-12/h1-8H,10H2. The third-order valence-corrected chi connectivity index (χ3v) is 4.21. The molecule has 0 saturated carbocycles. The maximum absolute atomic E-state index is 8.81. The first-order chi connectivity index (χ1) is 12.3. The first-order valence-electron chi connectivity index (χ1n) is 7.24. The van der Waals surface area contributed by atoms with Gasteiger partial charge in [0.25, 0.3) is 0 Å². The molecule has 0 aromatic carbocycles. The molecule has 0 bridgehead atoms. The van der Waals surface area contributed by atoms with Gasteiger partial charge in [-0.2, -0.15) is 5.26 Å². The van der Waals surface area contributed by atoms with Gasteiger partial charge in [0.1, 0.15) is 16.9 Å². The van der Waals surface area contributed by atoms with Crippen LogP contribution in [0.3, 0.4) is 0 Å². The van der Waals surface area contributed by atoms with Crippen LogP contribution in [-0.2, 0) is 6.54 Å². The fourth-order valence-corrected chi connectivity index (χ4v) is 2.93. The van der Waals surface area contributed by atoms with Crippen LogP contribution < -0.4 is 0 Å². The van der Waals surface area contributed by atoms with Crippen molar-refractivity contribution in [3.63, 3.8) is 0 Å². The second-order valence-corrected chi connectivity index (χ2v) is 5.91. The van der Waals surface area contributed by atoms with Crippen molar-refractivity contribution in [3.05, 3.63) is 60.4 Å². The molecular formula is C16H10N6O2S. The second kappa shape index (κ2) is 6.62. The number of hydrogen-bond donors (Lipinski definition) is 0. The smallest absolute Gasteiger partial charge is 0.200 e. The molecule has 0 spiro atoms.